The fourth-order valence-corrected chi connectivity index (χ4v) is 4.29. The Kier molecular flexibility index (Phi) is 7.49. The van der Waals surface area contributed by atoms with Crippen LogP contribution in [0.2, 0.25) is 20.1 Å². The van der Waals surface area contributed by atoms with Gasteiger partial charge in [0.05, 0.1) is 20.8 Å². The van der Waals surface area contributed by atoms with E-state index in [1.54, 1.807) is 30.1 Å². The fraction of sp³-hybridized carbons (Fsp3) is 0.0833. The number of halogens is 4. The SMILES string of the molecule is CSc1ccc(-c2nc(OCc3ccc(Cl)c(Cl)c3)ncc2-c2ccc(Cl)cc2)c(Cl)c1. The van der Waals surface area contributed by atoms with Crippen molar-refractivity contribution in [2.24, 2.45) is 0 Å². The maximum absolute atomic E-state index is 6.62. The minimum atomic E-state index is 0.230. The maximum Gasteiger partial charge on any atom is 0.317 e. The van der Waals surface area contributed by atoms with Crippen LogP contribution in [-0.4, -0.2) is 16.2 Å². The van der Waals surface area contributed by atoms with E-state index in [2.05, 4.69) is 4.98 Å². The molecule has 8 heteroatoms. The summed E-state index contributed by atoms with van der Waals surface area (Å²) in [5.41, 5.74) is 4.06. The van der Waals surface area contributed by atoms with Gasteiger partial charge in [-0.3, -0.25) is 0 Å². The van der Waals surface area contributed by atoms with Gasteiger partial charge in [-0.15, -0.1) is 11.8 Å². The summed E-state index contributed by atoms with van der Waals surface area (Å²) in [6, 6.07) is 18.9. The van der Waals surface area contributed by atoms with E-state index >= 15 is 0 Å². The molecule has 0 aliphatic heterocycles. The lowest BCUT2D eigenvalue weighted by Gasteiger charge is -2.13. The number of thioether (sulfide) groups is 1. The summed E-state index contributed by atoms with van der Waals surface area (Å²) >= 11 is 26.4. The van der Waals surface area contributed by atoms with Crippen LogP contribution in [0, 0.1) is 0 Å². The zero-order valence-corrected chi connectivity index (χ0v) is 20.6. The molecular formula is C24H16Cl4N2OS. The average molecular weight is 522 g/mol. The van der Waals surface area contributed by atoms with Crippen molar-refractivity contribution in [3.8, 4) is 28.4 Å². The van der Waals surface area contributed by atoms with Crippen molar-refractivity contribution >= 4 is 58.2 Å². The molecule has 0 saturated heterocycles. The second kappa shape index (κ2) is 10.3. The third-order valence-corrected chi connectivity index (χ3v) is 6.73. The van der Waals surface area contributed by atoms with E-state index in [1.807, 2.05) is 54.8 Å². The van der Waals surface area contributed by atoms with Gasteiger partial charge >= 0.3 is 6.01 Å². The Morgan fingerprint density at radius 3 is 2.28 bits per heavy atom. The minimum Gasteiger partial charge on any atom is -0.459 e. The molecule has 32 heavy (non-hydrogen) atoms. The molecule has 3 aromatic carbocycles. The number of hydrogen-bond acceptors (Lipinski definition) is 4. The van der Waals surface area contributed by atoms with Crippen LogP contribution in [0.25, 0.3) is 22.4 Å². The van der Waals surface area contributed by atoms with Crippen molar-refractivity contribution in [2.45, 2.75) is 11.5 Å². The highest BCUT2D eigenvalue weighted by atomic mass is 35.5. The van der Waals surface area contributed by atoms with Crippen molar-refractivity contribution in [1.29, 1.82) is 0 Å². The highest BCUT2D eigenvalue weighted by Crippen LogP contribution is 2.37. The fourth-order valence-electron chi connectivity index (χ4n) is 3.07. The number of aromatic nitrogens is 2. The molecule has 4 rings (SSSR count). The minimum absolute atomic E-state index is 0.230. The Labute approximate surface area is 210 Å². The van der Waals surface area contributed by atoms with E-state index in [9.17, 15) is 0 Å². The molecule has 0 spiro atoms. The first-order valence-electron chi connectivity index (χ1n) is 9.48. The second-order valence-corrected chi connectivity index (χ2v) is 9.34. The van der Waals surface area contributed by atoms with Crippen LogP contribution in [0.1, 0.15) is 5.56 Å². The lowest BCUT2D eigenvalue weighted by molar-refractivity contribution is 0.281. The number of ether oxygens (including phenoxy) is 1. The molecular weight excluding hydrogens is 506 g/mol. The normalized spacial score (nSPS) is 10.9. The van der Waals surface area contributed by atoms with E-state index in [0.29, 0.717) is 25.8 Å². The molecule has 162 valence electrons. The molecule has 0 amide bonds. The molecule has 3 nitrogen and oxygen atoms in total. The van der Waals surface area contributed by atoms with Crippen LogP contribution >= 0.6 is 58.2 Å². The lowest BCUT2D eigenvalue weighted by Crippen LogP contribution is -2.02. The first kappa shape index (κ1) is 23.2. The largest absolute Gasteiger partial charge is 0.459 e. The average Bonchev–Trinajstić information content (AvgIpc) is 2.80. The number of hydrogen-bond donors (Lipinski definition) is 0. The molecule has 0 radical (unpaired) electrons. The first-order valence-corrected chi connectivity index (χ1v) is 12.2. The van der Waals surface area contributed by atoms with Crippen LogP contribution in [0.15, 0.2) is 71.8 Å². The van der Waals surface area contributed by atoms with Gasteiger partial charge in [-0.1, -0.05) is 70.7 Å². The lowest BCUT2D eigenvalue weighted by atomic mass is 10.0. The molecule has 0 unspecified atom stereocenters. The molecule has 0 N–H and O–H groups in total. The standard InChI is InChI=1S/C24H16Cl4N2OS/c1-32-17-7-8-18(21(27)11-17)23-19(15-3-5-16(25)6-4-15)12-29-24(30-23)31-13-14-2-9-20(26)22(28)10-14/h2-12H,13H2,1H3. The van der Waals surface area contributed by atoms with E-state index in [1.165, 1.54) is 0 Å². The monoisotopic (exact) mass is 520 g/mol. The zero-order chi connectivity index (χ0) is 22.7. The van der Waals surface area contributed by atoms with Gasteiger partial charge in [0.15, 0.2) is 0 Å². The summed E-state index contributed by atoms with van der Waals surface area (Å²) in [6.45, 7) is 0.246. The second-order valence-electron chi connectivity index (χ2n) is 6.80. The predicted octanol–water partition coefficient (Wildman–Crippen LogP) is 8.73. The molecule has 0 saturated carbocycles. The van der Waals surface area contributed by atoms with Crippen LogP contribution in [-0.2, 0) is 6.61 Å². The summed E-state index contributed by atoms with van der Waals surface area (Å²) < 4.78 is 5.85. The van der Waals surface area contributed by atoms with Crippen molar-refractivity contribution in [3.05, 3.63) is 92.5 Å². The number of benzene rings is 3. The van der Waals surface area contributed by atoms with Gasteiger partial charge in [-0.05, 0) is 53.8 Å². The van der Waals surface area contributed by atoms with E-state index in [-0.39, 0.29) is 12.6 Å². The van der Waals surface area contributed by atoms with E-state index < -0.39 is 0 Å². The van der Waals surface area contributed by atoms with Crippen LogP contribution < -0.4 is 4.74 Å². The van der Waals surface area contributed by atoms with E-state index in [4.69, 9.17) is 56.1 Å². The molecule has 0 aliphatic carbocycles. The number of rotatable bonds is 6. The summed E-state index contributed by atoms with van der Waals surface area (Å²) in [7, 11) is 0. The first-order chi connectivity index (χ1) is 15.4. The zero-order valence-electron chi connectivity index (χ0n) is 16.8. The quantitative estimate of drug-likeness (QED) is 0.237. The van der Waals surface area contributed by atoms with Crippen molar-refractivity contribution in [1.82, 2.24) is 9.97 Å². The number of nitrogens with zero attached hydrogens (tertiary/aromatic N) is 2. The van der Waals surface area contributed by atoms with Gasteiger partial charge < -0.3 is 4.74 Å². The summed E-state index contributed by atoms with van der Waals surface area (Å²) in [6.07, 6.45) is 3.73. The van der Waals surface area contributed by atoms with Crippen molar-refractivity contribution in [3.63, 3.8) is 0 Å². The Morgan fingerprint density at radius 2 is 1.59 bits per heavy atom. The molecule has 0 bridgehead atoms. The van der Waals surface area contributed by atoms with Gasteiger partial charge in [-0.25, -0.2) is 4.98 Å². The Morgan fingerprint density at radius 1 is 0.812 bits per heavy atom. The van der Waals surface area contributed by atoms with Crippen molar-refractivity contribution in [2.75, 3.05) is 6.26 Å². The third kappa shape index (κ3) is 5.33. The van der Waals surface area contributed by atoms with Gasteiger partial charge in [0.25, 0.3) is 0 Å². The molecule has 1 heterocycles. The predicted molar refractivity (Wildman–Crippen MR) is 135 cm³/mol. The van der Waals surface area contributed by atoms with E-state index in [0.717, 1.165) is 27.1 Å². The molecule has 0 aliphatic rings. The van der Waals surface area contributed by atoms with Crippen LogP contribution in [0.4, 0.5) is 0 Å². The van der Waals surface area contributed by atoms with Gasteiger partial charge in [0, 0.05) is 27.2 Å². The van der Waals surface area contributed by atoms with Gasteiger partial charge in [-0.2, -0.15) is 4.98 Å². The smallest absolute Gasteiger partial charge is 0.317 e. The van der Waals surface area contributed by atoms with Crippen molar-refractivity contribution < 1.29 is 4.74 Å². The van der Waals surface area contributed by atoms with Crippen LogP contribution in [0.5, 0.6) is 6.01 Å². The summed E-state index contributed by atoms with van der Waals surface area (Å²) in [4.78, 5) is 10.2. The topological polar surface area (TPSA) is 35.0 Å². The summed E-state index contributed by atoms with van der Waals surface area (Å²) in [5, 5.41) is 2.21. The summed E-state index contributed by atoms with van der Waals surface area (Å²) in [5.74, 6) is 0. The highest BCUT2D eigenvalue weighted by molar-refractivity contribution is 7.98. The Hall–Kier alpha value is -1.95. The maximum atomic E-state index is 6.62. The molecule has 4 aromatic rings. The molecule has 0 fully saturated rings. The highest BCUT2D eigenvalue weighted by Gasteiger charge is 2.16. The Bertz CT molecular complexity index is 1270. The third-order valence-electron chi connectivity index (χ3n) is 4.71. The Balaban J connectivity index is 1.73. The molecule has 0 atom stereocenters. The molecule has 1 aromatic heterocycles. The van der Waals surface area contributed by atoms with Gasteiger partial charge in [0.1, 0.15) is 6.61 Å². The van der Waals surface area contributed by atoms with Crippen LogP contribution in [0.3, 0.4) is 0 Å². The van der Waals surface area contributed by atoms with Gasteiger partial charge in [0.2, 0.25) is 0 Å².